The maximum absolute atomic E-state index is 11.1. The van der Waals surface area contributed by atoms with Gasteiger partial charge in [-0.3, -0.25) is 14.8 Å². The minimum Gasteiger partial charge on any atom is -0.266 e. The first-order valence-corrected chi connectivity index (χ1v) is 5.88. The third-order valence-electron chi connectivity index (χ3n) is 2.97. The summed E-state index contributed by atoms with van der Waals surface area (Å²) in [4.78, 5) is 10.7. The number of nitrogens with zero attached hydrogens (tertiary/aromatic N) is 5. The van der Waals surface area contributed by atoms with Crippen LogP contribution < -0.4 is 0 Å². The Morgan fingerprint density at radius 1 is 1.56 bits per heavy atom. The summed E-state index contributed by atoms with van der Waals surface area (Å²) in [6, 6.07) is 1.88. The van der Waals surface area contributed by atoms with Crippen molar-refractivity contribution in [2.24, 2.45) is 7.05 Å². The van der Waals surface area contributed by atoms with Crippen LogP contribution in [-0.2, 0) is 7.05 Å². The van der Waals surface area contributed by atoms with Gasteiger partial charge < -0.3 is 0 Å². The lowest BCUT2D eigenvalue weighted by atomic mass is 10.3. The molecule has 2 heterocycles. The first-order valence-electron chi connectivity index (χ1n) is 5.50. The zero-order chi connectivity index (χ0) is 12.9. The van der Waals surface area contributed by atoms with Crippen molar-refractivity contribution < 1.29 is 4.92 Å². The van der Waals surface area contributed by atoms with Gasteiger partial charge in [-0.15, -0.1) is 0 Å². The fourth-order valence-electron chi connectivity index (χ4n) is 1.91. The third kappa shape index (κ3) is 1.59. The van der Waals surface area contributed by atoms with Crippen molar-refractivity contribution in [2.45, 2.75) is 18.9 Å². The second kappa shape index (κ2) is 3.81. The molecule has 0 atom stereocenters. The lowest BCUT2D eigenvalue weighted by molar-refractivity contribution is -0.384. The Balaban J connectivity index is 2.22. The van der Waals surface area contributed by atoms with Crippen molar-refractivity contribution in [3.05, 3.63) is 27.5 Å². The van der Waals surface area contributed by atoms with Crippen LogP contribution in [0.2, 0.25) is 5.15 Å². The Labute approximate surface area is 107 Å². The van der Waals surface area contributed by atoms with Crippen molar-refractivity contribution in [3.8, 4) is 11.4 Å². The molecule has 2 aromatic heterocycles. The molecule has 0 bridgehead atoms. The highest BCUT2D eigenvalue weighted by molar-refractivity contribution is 6.32. The van der Waals surface area contributed by atoms with E-state index in [1.165, 1.54) is 0 Å². The second-order valence-electron chi connectivity index (χ2n) is 4.26. The Kier molecular flexibility index (Phi) is 2.37. The van der Waals surface area contributed by atoms with Crippen molar-refractivity contribution in [2.75, 3.05) is 0 Å². The van der Waals surface area contributed by atoms with Crippen LogP contribution >= 0.6 is 11.6 Å². The van der Waals surface area contributed by atoms with Gasteiger partial charge in [0.05, 0.1) is 16.7 Å². The van der Waals surface area contributed by atoms with Crippen LogP contribution in [0.25, 0.3) is 11.4 Å². The molecule has 0 spiro atoms. The van der Waals surface area contributed by atoms with Gasteiger partial charge in [-0.05, 0) is 18.9 Å². The molecular weight excluding hydrogens is 258 g/mol. The average molecular weight is 268 g/mol. The molecule has 0 amide bonds. The molecular formula is C10H10ClN5O2. The third-order valence-corrected chi connectivity index (χ3v) is 3.32. The molecule has 0 aromatic carbocycles. The van der Waals surface area contributed by atoms with Crippen LogP contribution in [0.3, 0.4) is 0 Å². The Hall–Kier alpha value is -1.89. The van der Waals surface area contributed by atoms with Gasteiger partial charge in [0, 0.05) is 13.2 Å². The van der Waals surface area contributed by atoms with E-state index in [0.29, 0.717) is 5.69 Å². The zero-order valence-electron chi connectivity index (χ0n) is 9.58. The maximum atomic E-state index is 11.1. The molecule has 2 aromatic rings. The molecule has 1 saturated carbocycles. The van der Waals surface area contributed by atoms with Crippen LogP contribution in [0.1, 0.15) is 18.9 Å². The number of rotatable bonds is 3. The van der Waals surface area contributed by atoms with Gasteiger partial charge in [0.15, 0.2) is 5.69 Å². The van der Waals surface area contributed by atoms with E-state index >= 15 is 0 Å². The largest absolute Gasteiger partial charge is 0.335 e. The number of hydrogen-bond acceptors (Lipinski definition) is 4. The molecule has 0 aliphatic heterocycles. The quantitative estimate of drug-likeness (QED) is 0.631. The van der Waals surface area contributed by atoms with Crippen LogP contribution in [0.15, 0.2) is 12.3 Å². The molecule has 1 aliphatic rings. The van der Waals surface area contributed by atoms with Crippen molar-refractivity contribution in [3.63, 3.8) is 0 Å². The monoisotopic (exact) mass is 267 g/mol. The topological polar surface area (TPSA) is 78.8 Å². The van der Waals surface area contributed by atoms with Crippen molar-refractivity contribution in [1.29, 1.82) is 0 Å². The van der Waals surface area contributed by atoms with Crippen LogP contribution in [0, 0.1) is 10.1 Å². The molecule has 0 N–H and O–H groups in total. The normalized spacial score (nSPS) is 15.0. The molecule has 3 rings (SSSR count). The fourth-order valence-corrected chi connectivity index (χ4v) is 2.24. The van der Waals surface area contributed by atoms with Crippen LogP contribution in [0.5, 0.6) is 0 Å². The summed E-state index contributed by atoms with van der Waals surface area (Å²) in [7, 11) is 1.71. The predicted octanol–water partition coefficient (Wildman–Crippen LogP) is 2.18. The summed E-state index contributed by atoms with van der Waals surface area (Å²) in [6.07, 6.45) is 3.50. The highest BCUT2D eigenvalue weighted by Crippen LogP contribution is 2.43. The SMILES string of the molecule is Cn1nccc1-c1nn(C2CC2)c(Cl)c1[N+](=O)[O-]. The number of aromatic nitrogens is 4. The number of nitro groups is 1. The lowest BCUT2D eigenvalue weighted by Gasteiger charge is -1.97. The van der Waals surface area contributed by atoms with Crippen molar-refractivity contribution in [1.82, 2.24) is 19.6 Å². The Bertz CT molecular complexity index is 628. The summed E-state index contributed by atoms with van der Waals surface area (Å²) < 4.78 is 3.09. The lowest BCUT2D eigenvalue weighted by Crippen LogP contribution is -1.98. The minimum atomic E-state index is -0.490. The van der Waals surface area contributed by atoms with E-state index in [4.69, 9.17) is 11.6 Å². The van der Waals surface area contributed by atoms with E-state index in [-0.39, 0.29) is 22.6 Å². The fraction of sp³-hybridized carbons (Fsp3) is 0.400. The molecule has 94 valence electrons. The molecule has 0 saturated heterocycles. The predicted molar refractivity (Wildman–Crippen MR) is 64.4 cm³/mol. The molecule has 7 nitrogen and oxygen atoms in total. The molecule has 1 fully saturated rings. The summed E-state index contributed by atoms with van der Waals surface area (Å²) in [5, 5.41) is 19.5. The minimum absolute atomic E-state index is 0.0960. The molecule has 8 heteroatoms. The maximum Gasteiger partial charge on any atom is 0.335 e. The first kappa shape index (κ1) is 11.2. The average Bonchev–Trinajstić information content (AvgIpc) is 2.97. The summed E-state index contributed by atoms with van der Waals surface area (Å²) in [5.74, 6) is 0. The summed E-state index contributed by atoms with van der Waals surface area (Å²) in [6.45, 7) is 0. The number of hydrogen-bond donors (Lipinski definition) is 0. The highest BCUT2D eigenvalue weighted by atomic mass is 35.5. The van der Waals surface area contributed by atoms with Gasteiger partial charge in [-0.2, -0.15) is 10.2 Å². The molecule has 0 radical (unpaired) electrons. The van der Waals surface area contributed by atoms with E-state index in [2.05, 4.69) is 10.2 Å². The van der Waals surface area contributed by atoms with E-state index in [1.54, 1.807) is 28.7 Å². The number of aryl methyl sites for hydroxylation is 1. The van der Waals surface area contributed by atoms with E-state index < -0.39 is 4.92 Å². The standard InChI is InChI=1S/C10H10ClN5O2/c1-14-7(4-5-12-14)8-9(16(17)18)10(11)15(13-8)6-2-3-6/h4-6H,2-3H2,1H3. The highest BCUT2D eigenvalue weighted by Gasteiger charge is 2.35. The van der Waals surface area contributed by atoms with Gasteiger partial charge >= 0.3 is 5.69 Å². The van der Waals surface area contributed by atoms with Crippen LogP contribution in [-0.4, -0.2) is 24.5 Å². The smallest absolute Gasteiger partial charge is 0.266 e. The van der Waals surface area contributed by atoms with E-state index in [0.717, 1.165) is 12.8 Å². The van der Waals surface area contributed by atoms with E-state index in [1.807, 2.05) is 0 Å². The van der Waals surface area contributed by atoms with Gasteiger partial charge in [-0.25, -0.2) is 4.68 Å². The molecule has 0 unspecified atom stereocenters. The van der Waals surface area contributed by atoms with Crippen molar-refractivity contribution >= 4 is 17.3 Å². The van der Waals surface area contributed by atoms with Gasteiger partial charge in [0.1, 0.15) is 0 Å². The zero-order valence-corrected chi connectivity index (χ0v) is 10.3. The van der Waals surface area contributed by atoms with Gasteiger partial charge in [-0.1, -0.05) is 11.6 Å². The molecule has 1 aliphatic carbocycles. The van der Waals surface area contributed by atoms with Gasteiger partial charge in [0.2, 0.25) is 5.15 Å². The number of halogens is 1. The summed E-state index contributed by atoms with van der Waals surface area (Å²) >= 11 is 6.06. The van der Waals surface area contributed by atoms with E-state index in [9.17, 15) is 10.1 Å². The second-order valence-corrected chi connectivity index (χ2v) is 4.62. The Morgan fingerprint density at radius 3 is 2.78 bits per heavy atom. The Morgan fingerprint density at radius 2 is 2.28 bits per heavy atom. The summed E-state index contributed by atoms with van der Waals surface area (Å²) in [5.41, 5.74) is 0.715. The van der Waals surface area contributed by atoms with Crippen LogP contribution in [0.4, 0.5) is 5.69 Å². The van der Waals surface area contributed by atoms with Gasteiger partial charge in [0.25, 0.3) is 0 Å². The molecule has 18 heavy (non-hydrogen) atoms. The first-order chi connectivity index (χ1) is 8.59.